The molecule has 1 aliphatic heterocycles. The second kappa shape index (κ2) is 3.80. The number of amides is 1. The van der Waals surface area contributed by atoms with Gasteiger partial charge in [-0.05, 0) is 11.5 Å². The van der Waals surface area contributed by atoms with E-state index in [0.29, 0.717) is 11.6 Å². The molecule has 1 aromatic rings. The Bertz CT molecular complexity index is 283. The summed E-state index contributed by atoms with van der Waals surface area (Å²) < 4.78 is 3.62. The molecule has 1 saturated heterocycles. The van der Waals surface area contributed by atoms with Crippen LogP contribution in [-0.4, -0.2) is 35.1 Å². The van der Waals surface area contributed by atoms with Crippen molar-refractivity contribution < 1.29 is 4.79 Å². The van der Waals surface area contributed by atoms with E-state index in [9.17, 15) is 4.79 Å². The molecule has 0 unspecified atom stereocenters. The zero-order valence-corrected chi connectivity index (χ0v) is 7.80. The van der Waals surface area contributed by atoms with E-state index in [-0.39, 0.29) is 5.91 Å². The highest BCUT2D eigenvalue weighted by Gasteiger charge is 2.18. The van der Waals surface area contributed by atoms with Crippen molar-refractivity contribution in [1.82, 2.24) is 20.2 Å². The lowest BCUT2D eigenvalue weighted by atomic mass is 10.0. The van der Waals surface area contributed by atoms with Gasteiger partial charge in [-0.2, -0.15) is 0 Å². The van der Waals surface area contributed by atoms with Gasteiger partial charge in [-0.15, -0.1) is 5.10 Å². The van der Waals surface area contributed by atoms with E-state index in [2.05, 4.69) is 20.2 Å². The van der Waals surface area contributed by atoms with Gasteiger partial charge in [0, 0.05) is 30.9 Å². The highest BCUT2D eigenvalue weighted by atomic mass is 32.1. The molecule has 0 atom stereocenters. The summed E-state index contributed by atoms with van der Waals surface area (Å²) in [6.07, 6.45) is 0. The van der Waals surface area contributed by atoms with Crippen molar-refractivity contribution in [1.29, 1.82) is 0 Å². The van der Waals surface area contributed by atoms with Crippen molar-refractivity contribution in [3.63, 3.8) is 0 Å². The molecule has 1 aliphatic rings. The van der Waals surface area contributed by atoms with Crippen molar-refractivity contribution in [3.05, 3.63) is 11.1 Å². The van der Waals surface area contributed by atoms with Crippen molar-refractivity contribution in [2.75, 3.05) is 19.6 Å². The molecule has 0 aliphatic carbocycles. The Morgan fingerprint density at radius 2 is 2.62 bits per heavy atom. The van der Waals surface area contributed by atoms with Crippen LogP contribution >= 0.6 is 11.5 Å². The third-order valence-corrected chi connectivity index (χ3v) is 2.51. The van der Waals surface area contributed by atoms with E-state index in [4.69, 9.17) is 0 Å². The molecule has 2 heterocycles. The summed E-state index contributed by atoms with van der Waals surface area (Å²) in [6.45, 7) is 2.72. The lowest BCUT2D eigenvalue weighted by Crippen LogP contribution is -2.48. The second-order valence-electron chi connectivity index (χ2n) is 3.02. The molecule has 0 saturated carbocycles. The Hall–Kier alpha value is -1.01. The van der Waals surface area contributed by atoms with Crippen LogP contribution < -0.4 is 10.6 Å². The van der Waals surface area contributed by atoms with Gasteiger partial charge in [-0.3, -0.25) is 4.79 Å². The maximum atomic E-state index is 11.3. The number of aromatic nitrogens is 2. The van der Waals surface area contributed by atoms with Crippen molar-refractivity contribution in [2.24, 2.45) is 5.92 Å². The molecule has 1 fully saturated rings. The van der Waals surface area contributed by atoms with Gasteiger partial charge >= 0.3 is 0 Å². The molecule has 0 aromatic carbocycles. The topological polar surface area (TPSA) is 66.9 Å². The zero-order valence-electron chi connectivity index (χ0n) is 6.99. The van der Waals surface area contributed by atoms with Gasteiger partial charge in [0.1, 0.15) is 0 Å². The molecular formula is C7H10N4OS. The van der Waals surface area contributed by atoms with Crippen molar-refractivity contribution in [2.45, 2.75) is 0 Å². The number of carbonyl (C=O) groups excluding carboxylic acids is 1. The van der Waals surface area contributed by atoms with E-state index >= 15 is 0 Å². The van der Waals surface area contributed by atoms with Gasteiger partial charge in [0.25, 0.3) is 5.91 Å². The largest absolute Gasteiger partial charge is 0.350 e. The van der Waals surface area contributed by atoms with Gasteiger partial charge in [0.05, 0.1) is 0 Å². The Labute approximate surface area is 79.7 Å². The SMILES string of the molecule is O=C(NCC1CNC1)c1csnn1. The monoisotopic (exact) mass is 198 g/mol. The van der Waals surface area contributed by atoms with E-state index in [1.165, 1.54) is 11.5 Å². The average molecular weight is 198 g/mol. The first-order chi connectivity index (χ1) is 6.36. The molecule has 13 heavy (non-hydrogen) atoms. The van der Waals surface area contributed by atoms with Crippen LogP contribution in [0.25, 0.3) is 0 Å². The van der Waals surface area contributed by atoms with Gasteiger partial charge in [0.2, 0.25) is 0 Å². The summed E-state index contributed by atoms with van der Waals surface area (Å²) in [6, 6.07) is 0. The number of rotatable bonds is 3. The predicted octanol–water partition coefficient (Wildman–Crippen LogP) is -0.513. The summed E-state index contributed by atoms with van der Waals surface area (Å²) in [7, 11) is 0. The maximum absolute atomic E-state index is 11.3. The smallest absolute Gasteiger partial charge is 0.272 e. The Morgan fingerprint density at radius 3 is 3.15 bits per heavy atom. The summed E-state index contributed by atoms with van der Waals surface area (Å²) in [4.78, 5) is 11.3. The lowest BCUT2D eigenvalue weighted by Gasteiger charge is -2.26. The lowest BCUT2D eigenvalue weighted by molar-refractivity contribution is 0.0937. The summed E-state index contributed by atoms with van der Waals surface area (Å²) >= 11 is 1.19. The highest BCUT2D eigenvalue weighted by molar-refractivity contribution is 7.03. The molecule has 70 valence electrons. The first-order valence-electron chi connectivity index (χ1n) is 4.12. The van der Waals surface area contributed by atoms with Crippen LogP contribution in [0.2, 0.25) is 0 Å². The van der Waals surface area contributed by atoms with Crippen molar-refractivity contribution >= 4 is 17.4 Å². The molecule has 0 radical (unpaired) electrons. The molecule has 6 heteroatoms. The first-order valence-corrected chi connectivity index (χ1v) is 4.96. The fourth-order valence-corrected chi connectivity index (χ4v) is 1.52. The third kappa shape index (κ3) is 2.02. The number of carbonyl (C=O) groups is 1. The molecule has 5 nitrogen and oxygen atoms in total. The highest BCUT2D eigenvalue weighted by Crippen LogP contribution is 2.01. The maximum Gasteiger partial charge on any atom is 0.272 e. The van der Waals surface area contributed by atoms with Gasteiger partial charge < -0.3 is 10.6 Å². The van der Waals surface area contributed by atoms with Crippen LogP contribution in [0.15, 0.2) is 5.38 Å². The summed E-state index contributed by atoms with van der Waals surface area (Å²) in [5.41, 5.74) is 0.414. The normalized spacial score (nSPS) is 16.6. The Morgan fingerprint density at radius 1 is 1.77 bits per heavy atom. The zero-order chi connectivity index (χ0) is 9.10. The Balaban J connectivity index is 1.78. The Kier molecular flexibility index (Phi) is 2.51. The standard InChI is InChI=1S/C7H10N4OS/c12-7(6-4-13-11-10-6)9-3-5-1-8-2-5/h4-5,8H,1-3H2,(H,9,12). The molecule has 1 aromatic heterocycles. The molecule has 1 amide bonds. The van der Waals surface area contributed by atoms with E-state index in [1.807, 2.05) is 0 Å². The summed E-state index contributed by atoms with van der Waals surface area (Å²) in [5, 5.41) is 11.3. The van der Waals surface area contributed by atoms with Crippen LogP contribution in [0.4, 0.5) is 0 Å². The average Bonchev–Trinajstić information content (AvgIpc) is 2.52. The molecule has 2 N–H and O–H groups in total. The number of nitrogens with zero attached hydrogens (tertiary/aromatic N) is 2. The first kappa shape index (κ1) is 8.58. The number of nitrogens with one attached hydrogen (secondary N) is 2. The van der Waals surface area contributed by atoms with Crippen LogP contribution in [0, 0.1) is 5.92 Å². The van der Waals surface area contributed by atoms with E-state index < -0.39 is 0 Å². The fraction of sp³-hybridized carbons (Fsp3) is 0.571. The van der Waals surface area contributed by atoms with Crippen LogP contribution in [0.5, 0.6) is 0 Å². The van der Waals surface area contributed by atoms with Crippen LogP contribution in [-0.2, 0) is 0 Å². The summed E-state index contributed by atoms with van der Waals surface area (Å²) in [5.74, 6) is 0.455. The third-order valence-electron chi connectivity index (χ3n) is 2.01. The van der Waals surface area contributed by atoms with E-state index in [0.717, 1.165) is 19.6 Å². The molecule has 2 rings (SSSR count). The van der Waals surface area contributed by atoms with E-state index in [1.54, 1.807) is 5.38 Å². The molecule has 0 spiro atoms. The van der Waals surface area contributed by atoms with Crippen LogP contribution in [0.1, 0.15) is 10.5 Å². The van der Waals surface area contributed by atoms with Gasteiger partial charge in [-0.1, -0.05) is 4.49 Å². The minimum absolute atomic E-state index is 0.124. The van der Waals surface area contributed by atoms with Gasteiger partial charge in [0.15, 0.2) is 5.69 Å². The van der Waals surface area contributed by atoms with Crippen molar-refractivity contribution in [3.8, 4) is 0 Å². The number of hydrogen-bond acceptors (Lipinski definition) is 5. The minimum atomic E-state index is -0.124. The molecular weight excluding hydrogens is 188 g/mol. The van der Waals surface area contributed by atoms with Crippen LogP contribution in [0.3, 0.4) is 0 Å². The van der Waals surface area contributed by atoms with Gasteiger partial charge in [-0.25, -0.2) is 0 Å². The number of hydrogen-bond donors (Lipinski definition) is 2. The quantitative estimate of drug-likeness (QED) is 0.686. The molecule has 0 bridgehead atoms. The second-order valence-corrected chi connectivity index (χ2v) is 3.63. The predicted molar refractivity (Wildman–Crippen MR) is 48.6 cm³/mol. The fourth-order valence-electron chi connectivity index (χ4n) is 1.08. The minimum Gasteiger partial charge on any atom is -0.350 e.